The van der Waals surface area contributed by atoms with Crippen molar-refractivity contribution in [2.75, 3.05) is 34.3 Å². The molecule has 0 bridgehead atoms. The number of carbonyl (C=O) groups excluding carboxylic acids is 1. The highest BCUT2D eigenvalue weighted by molar-refractivity contribution is 6.42. The highest BCUT2D eigenvalue weighted by Crippen LogP contribution is 2.45. The maximum absolute atomic E-state index is 14.6. The first-order chi connectivity index (χ1) is 31.2. The number of nitrogens with zero attached hydrogens (tertiary/aromatic N) is 5. The average Bonchev–Trinajstić information content (AvgIpc) is 3.73. The van der Waals surface area contributed by atoms with Gasteiger partial charge in [0.2, 0.25) is 0 Å². The van der Waals surface area contributed by atoms with E-state index in [1.54, 1.807) is 38.4 Å². The number of aromatic nitrogens is 3. The third-order valence-corrected chi connectivity index (χ3v) is 16.1. The second-order valence-electron chi connectivity index (χ2n) is 21.0. The quantitative estimate of drug-likeness (QED) is 0.179. The molecule has 5 rings (SSSR count). The number of hydrogen-bond acceptors (Lipinski definition) is 15. The number of benzene rings is 1. The summed E-state index contributed by atoms with van der Waals surface area (Å²) >= 11 is 12.3. The van der Waals surface area contributed by atoms with Crippen LogP contribution in [0.2, 0.25) is 10.0 Å². The summed E-state index contributed by atoms with van der Waals surface area (Å²) in [7, 11) is 5.33. The summed E-state index contributed by atoms with van der Waals surface area (Å²) in [5.41, 5.74) is -2.60. The number of halogens is 2. The highest BCUT2D eigenvalue weighted by atomic mass is 35.5. The Bertz CT molecular complexity index is 1910. The van der Waals surface area contributed by atoms with Gasteiger partial charge in [-0.1, -0.05) is 62.2 Å². The second-order valence-corrected chi connectivity index (χ2v) is 21.8. The molecule has 0 saturated carbocycles. The van der Waals surface area contributed by atoms with Crippen LogP contribution in [0.3, 0.4) is 0 Å². The number of aliphatic hydroxyl groups is 5. The van der Waals surface area contributed by atoms with Gasteiger partial charge in [-0.3, -0.25) is 9.48 Å². The number of aryl methyl sites for hydroxylation is 2. The lowest BCUT2D eigenvalue weighted by Crippen LogP contribution is -2.62. The minimum Gasteiger partial charge on any atom is -0.459 e. The van der Waals surface area contributed by atoms with Crippen LogP contribution in [0, 0.1) is 23.7 Å². The Morgan fingerprint density at radius 1 is 0.970 bits per heavy atom. The summed E-state index contributed by atoms with van der Waals surface area (Å²) in [6, 6.07) is 4.63. The van der Waals surface area contributed by atoms with Gasteiger partial charge >= 0.3 is 5.97 Å². The van der Waals surface area contributed by atoms with Gasteiger partial charge < -0.3 is 59.0 Å². The predicted molar refractivity (Wildman–Crippen MR) is 256 cm³/mol. The molecule has 18 atom stereocenters. The van der Waals surface area contributed by atoms with Crippen LogP contribution in [-0.4, -0.2) is 175 Å². The Morgan fingerprint density at radius 2 is 1.66 bits per heavy atom. The predicted octanol–water partition coefficient (Wildman–Crippen LogP) is 4.93. The molecule has 0 radical (unpaired) electrons. The number of hydrogen-bond donors (Lipinski definition) is 5. The fraction of sp³-hybridized carbons (Fsp3) is 0.816. The molecule has 16 nitrogen and oxygen atoms in total. The number of esters is 1. The Morgan fingerprint density at radius 3 is 2.30 bits per heavy atom. The first-order valence-corrected chi connectivity index (χ1v) is 24.9. The van der Waals surface area contributed by atoms with E-state index in [0.29, 0.717) is 48.9 Å². The van der Waals surface area contributed by atoms with Crippen LogP contribution in [0.25, 0.3) is 0 Å². The molecule has 0 amide bonds. The van der Waals surface area contributed by atoms with Crippen molar-refractivity contribution < 1.29 is 54.0 Å². The van der Waals surface area contributed by atoms with Gasteiger partial charge in [0.15, 0.2) is 6.29 Å². The minimum absolute atomic E-state index is 0.166. The lowest BCUT2D eigenvalue weighted by atomic mass is 9.68. The van der Waals surface area contributed by atoms with Gasteiger partial charge in [-0.2, -0.15) is 0 Å². The van der Waals surface area contributed by atoms with E-state index in [-0.39, 0.29) is 31.3 Å². The number of cyclic esters (lactones) is 1. The number of likely N-dealkylation sites (N-methyl/N-ethyl adjacent to an activating group) is 2. The number of methoxy groups -OCH3 is 1. The zero-order valence-corrected chi connectivity index (χ0v) is 43.5. The van der Waals surface area contributed by atoms with Crippen molar-refractivity contribution in [3.63, 3.8) is 0 Å². The van der Waals surface area contributed by atoms with Gasteiger partial charge in [0.25, 0.3) is 0 Å². The van der Waals surface area contributed by atoms with Crippen molar-refractivity contribution in [3.8, 4) is 0 Å². The SMILES string of the molecule is CC[C@H]1OC(=O)[C@H](C)[C@@H](C2C[C@@](C)(OC)[C@@H](O)[C@H](C)O2)[C@H](C)[C@@H](O[C@@H]2O[C@H](C)C[C@H](N(C)CCc3cn(CCc4ccc(Cl)c(Cl)c4)nn3)[C@H]2O)[C@](C)(O)C[C@@H](C)CN(C)[C@H](C)[C@@H](O)[C@]1(C)O. The van der Waals surface area contributed by atoms with Gasteiger partial charge in [-0.25, -0.2) is 0 Å². The summed E-state index contributed by atoms with van der Waals surface area (Å²) in [6.07, 6.45) is -4.07. The molecule has 0 aliphatic carbocycles. The standard InChI is InChI=1S/C49H81Cl2N5O11/c1-14-39-49(10,62)42(58)31(6)55(12)25-27(2)23-47(8,61)44(29(4)40(30(5)45(60)66-39)38-24-48(9,63-13)43(59)32(7)65-38)67-46-41(57)37(21-28(3)64-46)54(11)19-18-34-26-56(53-52-34)20-17-33-15-16-35(50)36(51)22-33/h15-16,22,26-32,37-44,46,57-59,61-62H,14,17-21,23-25H2,1-13H3/t27-,28-,29+,30-,31-,32+,37+,38?,39-,40+,41-,42-,43+,44-,46+,47-,48-,49-/m1/s1. The maximum Gasteiger partial charge on any atom is 0.309 e. The Kier molecular flexibility index (Phi) is 19.2. The van der Waals surface area contributed by atoms with E-state index >= 15 is 0 Å². The largest absolute Gasteiger partial charge is 0.459 e. The number of rotatable bonds is 12. The van der Waals surface area contributed by atoms with Crippen molar-refractivity contribution in [1.29, 1.82) is 0 Å². The van der Waals surface area contributed by atoms with Crippen LogP contribution in [0.5, 0.6) is 0 Å². The van der Waals surface area contributed by atoms with E-state index in [9.17, 15) is 30.3 Å². The molecular weight excluding hydrogens is 905 g/mol. The van der Waals surface area contributed by atoms with E-state index in [2.05, 4.69) is 15.2 Å². The monoisotopic (exact) mass is 986 g/mol. The van der Waals surface area contributed by atoms with E-state index < -0.39 is 102 Å². The topological polar surface area (TPSA) is 202 Å². The van der Waals surface area contributed by atoms with Crippen molar-refractivity contribution in [3.05, 3.63) is 45.7 Å². The molecule has 3 aliphatic heterocycles. The van der Waals surface area contributed by atoms with Crippen molar-refractivity contribution in [1.82, 2.24) is 24.8 Å². The first-order valence-electron chi connectivity index (χ1n) is 24.2. The normalized spacial score (nSPS) is 41.1. The van der Waals surface area contributed by atoms with Gasteiger partial charge in [-0.05, 0) is 111 Å². The molecule has 2 aromatic rings. The molecule has 5 N–H and O–H groups in total. The molecule has 3 fully saturated rings. The van der Waals surface area contributed by atoms with Gasteiger partial charge in [0.1, 0.15) is 30.0 Å². The molecule has 382 valence electrons. The molecule has 3 aliphatic rings. The third kappa shape index (κ3) is 13.1. The fourth-order valence-corrected chi connectivity index (χ4v) is 11.5. The lowest BCUT2D eigenvalue weighted by molar-refractivity contribution is -0.302. The zero-order valence-electron chi connectivity index (χ0n) is 42.0. The Balaban J connectivity index is 1.45. The summed E-state index contributed by atoms with van der Waals surface area (Å²) in [4.78, 5) is 18.6. The number of ether oxygens (including phenoxy) is 5. The summed E-state index contributed by atoms with van der Waals surface area (Å²) in [5, 5.41) is 69.7. The highest BCUT2D eigenvalue weighted by Gasteiger charge is 2.55. The van der Waals surface area contributed by atoms with E-state index in [1.165, 1.54) is 14.0 Å². The second kappa shape index (κ2) is 23.0. The summed E-state index contributed by atoms with van der Waals surface area (Å²) in [6.45, 7) is 19.6. The van der Waals surface area contributed by atoms with Gasteiger partial charge in [0, 0.05) is 63.8 Å². The van der Waals surface area contributed by atoms with E-state index in [4.69, 9.17) is 46.9 Å². The fourth-order valence-electron chi connectivity index (χ4n) is 11.2. The van der Waals surface area contributed by atoms with Crippen molar-refractivity contribution >= 4 is 29.2 Å². The first kappa shape index (κ1) is 55.9. The van der Waals surface area contributed by atoms with Crippen LogP contribution in [-0.2, 0) is 47.9 Å². The smallest absolute Gasteiger partial charge is 0.309 e. The zero-order chi connectivity index (χ0) is 49.9. The molecule has 18 heteroatoms. The van der Waals surface area contributed by atoms with Crippen LogP contribution in [0.15, 0.2) is 24.4 Å². The average molecular weight is 987 g/mol. The van der Waals surface area contributed by atoms with E-state index in [0.717, 1.165) is 11.3 Å². The molecule has 1 unspecified atom stereocenters. The van der Waals surface area contributed by atoms with Crippen LogP contribution < -0.4 is 0 Å². The molecule has 4 heterocycles. The summed E-state index contributed by atoms with van der Waals surface area (Å²) in [5.74, 6) is -3.11. The van der Waals surface area contributed by atoms with Gasteiger partial charge in [-0.15, -0.1) is 5.10 Å². The molecule has 0 spiro atoms. The number of aliphatic hydroxyl groups excluding tert-OH is 3. The molecule has 1 aromatic heterocycles. The van der Waals surface area contributed by atoms with Crippen LogP contribution >= 0.6 is 23.2 Å². The molecule has 1 aromatic carbocycles. The van der Waals surface area contributed by atoms with Crippen LogP contribution in [0.1, 0.15) is 106 Å². The van der Waals surface area contributed by atoms with Crippen molar-refractivity contribution in [2.45, 2.75) is 198 Å². The van der Waals surface area contributed by atoms with Crippen LogP contribution in [0.4, 0.5) is 0 Å². The third-order valence-electron chi connectivity index (χ3n) is 15.4. The summed E-state index contributed by atoms with van der Waals surface area (Å²) < 4.78 is 33.9. The Hall–Kier alpha value is -2.03. The molecule has 67 heavy (non-hydrogen) atoms. The lowest BCUT2D eigenvalue weighted by Gasteiger charge is -2.51. The van der Waals surface area contributed by atoms with Crippen molar-refractivity contribution in [2.24, 2.45) is 23.7 Å². The van der Waals surface area contributed by atoms with E-state index in [1.807, 2.05) is 71.9 Å². The number of carbonyl (C=O) groups is 1. The maximum atomic E-state index is 14.6. The Labute approximate surface area is 408 Å². The van der Waals surface area contributed by atoms with Gasteiger partial charge in [0.05, 0.1) is 57.3 Å². The molecule has 3 saturated heterocycles. The molecular formula is C49H81Cl2N5O11. The minimum atomic E-state index is -1.81.